The number of nitrogens with zero attached hydrogens (tertiary/aromatic N) is 2. The van der Waals surface area contributed by atoms with Crippen molar-refractivity contribution < 1.29 is 0 Å². The van der Waals surface area contributed by atoms with Gasteiger partial charge in [0.05, 0.1) is 0 Å². The Bertz CT molecular complexity index is 464. The summed E-state index contributed by atoms with van der Waals surface area (Å²) in [7, 11) is 0. The summed E-state index contributed by atoms with van der Waals surface area (Å²) >= 11 is 1.71. The second-order valence-corrected chi connectivity index (χ2v) is 6.82. The molecule has 1 saturated carbocycles. The van der Waals surface area contributed by atoms with Crippen molar-refractivity contribution >= 4 is 11.8 Å². The molecular weight excluding hydrogens is 284 g/mol. The summed E-state index contributed by atoms with van der Waals surface area (Å²) in [6.45, 7) is 6.00. The van der Waals surface area contributed by atoms with E-state index in [-0.39, 0.29) is 5.69 Å². The van der Waals surface area contributed by atoms with E-state index in [9.17, 15) is 4.79 Å². The Morgan fingerprint density at radius 3 is 2.81 bits per heavy atom. The molecule has 0 aromatic carbocycles. The van der Waals surface area contributed by atoms with Gasteiger partial charge in [-0.2, -0.15) is 0 Å². The normalized spacial score (nSPS) is 18.0. The van der Waals surface area contributed by atoms with Gasteiger partial charge in [-0.05, 0) is 31.7 Å². The molecular formula is C15H28N4OS. The highest BCUT2D eigenvalue weighted by Gasteiger charge is 2.23. The molecule has 1 aliphatic carbocycles. The van der Waals surface area contributed by atoms with E-state index in [2.05, 4.69) is 29.4 Å². The maximum absolute atomic E-state index is 11.7. The van der Waals surface area contributed by atoms with Gasteiger partial charge < -0.3 is 5.32 Å². The Labute approximate surface area is 131 Å². The number of thioether (sulfide) groups is 1. The topological polar surface area (TPSA) is 62.7 Å². The molecule has 1 heterocycles. The van der Waals surface area contributed by atoms with Crippen LogP contribution in [0.1, 0.15) is 52.4 Å². The molecule has 6 heteroatoms. The van der Waals surface area contributed by atoms with E-state index >= 15 is 0 Å². The van der Waals surface area contributed by atoms with Crippen molar-refractivity contribution in [2.24, 2.45) is 5.92 Å². The predicted molar refractivity (Wildman–Crippen MR) is 87.9 cm³/mol. The van der Waals surface area contributed by atoms with E-state index in [4.69, 9.17) is 0 Å². The van der Waals surface area contributed by atoms with Gasteiger partial charge in [-0.25, -0.2) is 9.89 Å². The Morgan fingerprint density at radius 2 is 2.14 bits per heavy atom. The van der Waals surface area contributed by atoms with Crippen LogP contribution < -0.4 is 11.0 Å². The first-order valence-electron chi connectivity index (χ1n) is 8.27. The summed E-state index contributed by atoms with van der Waals surface area (Å²) in [5.41, 5.74) is -0.0861. The predicted octanol–water partition coefficient (Wildman–Crippen LogP) is 2.63. The van der Waals surface area contributed by atoms with E-state index in [0.717, 1.165) is 36.3 Å². The van der Waals surface area contributed by atoms with E-state index in [0.29, 0.717) is 6.04 Å². The lowest BCUT2D eigenvalue weighted by atomic mass is 9.84. The molecule has 120 valence electrons. The van der Waals surface area contributed by atoms with Crippen LogP contribution in [-0.2, 0) is 6.54 Å². The average Bonchev–Trinajstić information content (AvgIpc) is 2.86. The maximum atomic E-state index is 11.7. The Hall–Kier alpha value is -0.750. The smallest absolute Gasteiger partial charge is 0.313 e. The number of aromatic nitrogens is 3. The van der Waals surface area contributed by atoms with Crippen molar-refractivity contribution in [2.45, 2.75) is 70.1 Å². The first-order valence-corrected chi connectivity index (χ1v) is 9.26. The van der Waals surface area contributed by atoms with Crippen LogP contribution >= 0.6 is 11.8 Å². The second kappa shape index (κ2) is 8.63. The lowest BCUT2D eigenvalue weighted by Gasteiger charge is -2.30. The second-order valence-electron chi connectivity index (χ2n) is 5.84. The molecule has 1 unspecified atom stereocenters. The molecule has 2 N–H and O–H groups in total. The zero-order chi connectivity index (χ0) is 15.1. The van der Waals surface area contributed by atoms with Crippen molar-refractivity contribution in [3.8, 4) is 0 Å². The zero-order valence-electron chi connectivity index (χ0n) is 13.2. The first-order chi connectivity index (χ1) is 10.3. The van der Waals surface area contributed by atoms with Gasteiger partial charge in [0.2, 0.25) is 0 Å². The molecule has 0 bridgehead atoms. The Balaban J connectivity index is 1.96. The van der Waals surface area contributed by atoms with Gasteiger partial charge in [-0.1, -0.05) is 44.9 Å². The minimum absolute atomic E-state index is 0.0861. The molecule has 1 fully saturated rings. The largest absolute Gasteiger partial charge is 0.343 e. The van der Waals surface area contributed by atoms with E-state index < -0.39 is 0 Å². The van der Waals surface area contributed by atoms with Crippen LogP contribution in [-0.4, -0.2) is 33.1 Å². The van der Waals surface area contributed by atoms with Crippen molar-refractivity contribution in [3.05, 3.63) is 10.5 Å². The van der Waals surface area contributed by atoms with Crippen LogP contribution in [0.4, 0.5) is 0 Å². The van der Waals surface area contributed by atoms with Gasteiger partial charge in [-0.15, -0.1) is 5.10 Å². The van der Waals surface area contributed by atoms with Crippen molar-refractivity contribution in [2.75, 3.05) is 12.3 Å². The highest BCUT2D eigenvalue weighted by Crippen LogP contribution is 2.29. The zero-order valence-corrected chi connectivity index (χ0v) is 14.0. The van der Waals surface area contributed by atoms with Crippen LogP contribution in [0.2, 0.25) is 0 Å². The molecule has 21 heavy (non-hydrogen) atoms. The van der Waals surface area contributed by atoms with Crippen LogP contribution in [0.5, 0.6) is 0 Å². The van der Waals surface area contributed by atoms with Gasteiger partial charge in [-0.3, -0.25) is 4.57 Å². The fourth-order valence-electron chi connectivity index (χ4n) is 3.16. The minimum atomic E-state index is -0.0861. The van der Waals surface area contributed by atoms with E-state index in [1.807, 2.05) is 0 Å². The summed E-state index contributed by atoms with van der Waals surface area (Å²) in [5, 5.41) is 11.2. The van der Waals surface area contributed by atoms with E-state index in [1.54, 1.807) is 16.3 Å². The molecule has 1 aliphatic rings. The lowest BCUT2D eigenvalue weighted by molar-refractivity contribution is 0.288. The third kappa shape index (κ3) is 4.61. The highest BCUT2D eigenvalue weighted by atomic mass is 32.2. The molecule has 1 aromatic rings. The minimum Gasteiger partial charge on any atom is -0.313 e. The van der Waals surface area contributed by atoms with Crippen LogP contribution in [0.25, 0.3) is 0 Å². The number of hydrogen-bond acceptors (Lipinski definition) is 4. The van der Waals surface area contributed by atoms with Crippen LogP contribution in [0, 0.1) is 5.92 Å². The van der Waals surface area contributed by atoms with E-state index in [1.165, 1.54) is 32.1 Å². The summed E-state index contributed by atoms with van der Waals surface area (Å²) in [5.74, 6) is 1.77. The Kier molecular flexibility index (Phi) is 6.83. The molecule has 2 rings (SSSR count). The number of nitrogens with one attached hydrogen (secondary N) is 2. The maximum Gasteiger partial charge on any atom is 0.343 e. The first kappa shape index (κ1) is 16.6. The molecule has 0 radical (unpaired) electrons. The lowest BCUT2D eigenvalue weighted by Crippen LogP contribution is -2.39. The van der Waals surface area contributed by atoms with Gasteiger partial charge in [0.1, 0.15) is 0 Å². The molecule has 1 aromatic heterocycles. The average molecular weight is 312 g/mol. The quantitative estimate of drug-likeness (QED) is 0.724. The van der Waals surface area contributed by atoms with Crippen LogP contribution in [0.15, 0.2) is 9.95 Å². The van der Waals surface area contributed by atoms with Gasteiger partial charge in [0.25, 0.3) is 0 Å². The van der Waals surface area contributed by atoms with Crippen molar-refractivity contribution in [1.82, 2.24) is 20.1 Å². The molecule has 5 nitrogen and oxygen atoms in total. The highest BCUT2D eigenvalue weighted by molar-refractivity contribution is 7.99. The monoisotopic (exact) mass is 312 g/mol. The van der Waals surface area contributed by atoms with Crippen molar-refractivity contribution in [3.63, 3.8) is 0 Å². The standard InChI is InChI=1S/C15H28N4OS/c1-3-10-19-14(20)17-18-15(19)21-11-13(16-4-2)12-8-6-5-7-9-12/h12-13,16H,3-11H2,1-2H3,(H,17,20). The fourth-order valence-corrected chi connectivity index (χ4v) is 4.32. The third-order valence-electron chi connectivity index (χ3n) is 4.25. The number of hydrogen-bond donors (Lipinski definition) is 2. The van der Waals surface area contributed by atoms with Crippen molar-refractivity contribution in [1.29, 1.82) is 0 Å². The molecule has 0 spiro atoms. The molecule has 0 aliphatic heterocycles. The molecule has 1 atom stereocenters. The number of rotatable bonds is 8. The van der Waals surface area contributed by atoms with Gasteiger partial charge in [0.15, 0.2) is 5.16 Å². The van der Waals surface area contributed by atoms with Gasteiger partial charge >= 0.3 is 5.69 Å². The molecule has 0 amide bonds. The SMILES string of the molecule is CCCn1c(SCC(NCC)C2CCCCC2)n[nH]c1=O. The third-order valence-corrected chi connectivity index (χ3v) is 5.34. The summed E-state index contributed by atoms with van der Waals surface area (Å²) in [6.07, 6.45) is 7.73. The fraction of sp³-hybridized carbons (Fsp3) is 0.867. The van der Waals surface area contributed by atoms with Crippen LogP contribution in [0.3, 0.4) is 0 Å². The molecule has 0 saturated heterocycles. The summed E-state index contributed by atoms with van der Waals surface area (Å²) in [4.78, 5) is 11.7. The number of H-pyrrole nitrogens is 1. The summed E-state index contributed by atoms with van der Waals surface area (Å²) in [6, 6.07) is 0.530. The number of aromatic amines is 1. The Morgan fingerprint density at radius 1 is 1.38 bits per heavy atom. The summed E-state index contributed by atoms with van der Waals surface area (Å²) < 4.78 is 1.76. The van der Waals surface area contributed by atoms with Gasteiger partial charge in [0, 0.05) is 18.3 Å².